The van der Waals surface area contributed by atoms with Crippen LogP contribution in [0.2, 0.25) is 0 Å². The summed E-state index contributed by atoms with van der Waals surface area (Å²) < 4.78 is 5.19. The van der Waals surface area contributed by atoms with Crippen LogP contribution in [0.4, 0.5) is 0 Å². The highest BCUT2D eigenvalue weighted by Crippen LogP contribution is 2.17. The van der Waals surface area contributed by atoms with E-state index in [0.717, 1.165) is 24.4 Å². The van der Waals surface area contributed by atoms with Crippen LogP contribution in [0.5, 0.6) is 5.75 Å². The molecule has 2 aromatic rings. The standard InChI is InChI=1S/C22H30N2O2/c1-6-24(14-19-8-11-21(26-5)12-9-19)15-22(25)23-18(4)20-10-7-16(2)17(3)13-20/h7-13,18H,6,14-15H2,1-5H3,(H,23,25). The van der Waals surface area contributed by atoms with Crippen LogP contribution in [-0.4, -0.2) is 31.0 Å². The van der Waals surface area contributed by atoms with E-state index in [9.17, 15) is 4.79 Å². The van der Waals surface area contributed by atoms with Crippen LogP contribution in [0.25, 0.3) is 0 Å². The first-order chi connectivity index (χ1) is 12.4. The number of carbonyl (C=O) groups excluding carboxylic acids is 1. The van der Waals surface area contributed by atoms with E-state index in [-0.39, 0.29) is 11.9 Å². The molecule has 0 aliphatic heterocycles. The number of amides is 1. The van der Waals surface area contributed by atoms with Gasteiger partial charge in [-0.05, 0) is 61.7 Å². The Hall–Kier alpha value is -2.33. The Morgan fingerprint density at radius 2 is 1.81 bits per heavy atom. The predicted molar refractivity (Wildman–Crippen MR) is 106 cm³/mol. The Kier molecular flexibility index (Phi) is 7.22. The molecular weight excluding hydrogens is 324 g/mol. The third-order valence-electron chi connectivity index (χ3n) is 4.79. The zero-order valence-electron chi connectivity index (χ0n) is 16.5. The second-order valence-corrected chi connectivity index (χ2v) is 6.78. The summed E-state index contributed by atoms with van der Waals surface area (Å²) in [6.45, 7) is 10.2. The number of nitrogens with one attached hydrogen (secondary N) is 1. The van der Waals surface area contributed by atoms with Crippen molar-refractivity contribution in [2.45, 2.75) is 40.3 Å². The third-order valence-corrected chi connectivity index (χ3v) is 4.79. The molecule has 0 spiro atoms. The highest BCUT2D eigenvalue weighted by molar-refractivity contribution is 5.78. The van der Waals surface area contributed by atoms with Gasteiger partial charge in [0.2, 0.25) is 5.91 Å². The highest BCUT2D eigenvalue weighted by Gasteiger charge is 2.14. The zero-order valence-corrected chi connectivity index (χ0v) is 16.5. The fourth-order valence-electron chi connectivity index (χ4n) is 2.88. The molecule has 0 aliphatic rings. The molecule has 140 valence electrons. The van der Waals surface area contributed by atoms with E-state index in [1.165, 1.54) is 16.7 Å². The van der Waals surface area contributed by atoms with Gasteiger partial charge >= 0.3 is 0 Å². The van der Waals surface area contributed by atoms with E-state index >= 15 is 0 Å². The van der Waals surface area contributed by atoms with Gasteiger partial charge in [0.1, 0.15) is 5.75 Å². The van der Waals surface area contributed by atoms with E-state index < -0.39 is 0 Å². The summed E-state index contributed by atoms with van der Waals surface area (Å²) in [6, 6.07) is 14.3. The molecular formula is C22H30N2O2. The number of carbonyl (C=O) groups is 1. The number of hydrogen-bond acceptors (Lipinski definition) is 3. The van der Waals surface area contributed by atoms with Crippen molar-refractivity contribution < 1.29 is 9.53 Å². The van der Waals surface area contributed by atoms with Gasteiger partial charge in [-0.2, -0.15) is 0 Å². The van der Waals surface area contributed by atoms with Gasteiger partial charge in [0.15, 0.2) is 0 Å². The van der Waals surface area contributed by atoms with Crippen LogP contribution < -0.4 is 10.1 Å². The van der Waals surface area contributed by atoms with Crippen LogP contribution in [0, 0.1) is 13.8 Å². The van der Waals surface area contributed by atoms with E-state index in [1.807, 2.05) is 31.2 Å². The number of methoxy groups -OCH3 is 1. The molecule has 1 N–H and O–H groups in total. The smallest absolute Gasteiger partial charge is 0.234 e. The first-order valence-corrected chi connectivity index (χ1v) is 9.14. The molecule has 2 rings (SSSR count). The van der Waals surface area contributed by atoms with Crippen molar-refractivity contribution in [3.63, 3.8) is 0 Å². The number of rotatable bonds is 8. The third kappa shape index (κ3) is 5.60. The lowest BCUT2D eigenvalue weighted by Crippen LogP contribution is -2.38. The van der Waals surface area contributed by atoms with Crippen molar-refractivity contribution in [1.29, 1.82) is 0 Å². The number of aryl methyl sites for hydroxylation is 2. The Morgan fingerprint density at radius 1 is 1.12 bits per heavy atom. The molecule has 1 amide bonds. The molecule has 0 saturated heterocycles. The Labute approximate surface area is 157 Å². The lowest BCUT2D eigenvalue weighted by Gasteiger charge is -2.22. The van der Waals surface area contributed by atoms with Crippen LogP contribution in [-0.2, 0) is 11.3 Å². The van der Waals surface area contributed by atoms with Gasteiger partial charge in [0.05, 0.1) is 19.7 Å². The maximum Gasteiger partial charge on any atom is 0.234 e. The molecule has 0 heterocycles. The van der Waals surface area contributed by atoms with E-state index in [0.29, 0.717) is 6.54 Å². The maximum atomic E-state index is 12.5. The van der Waals surface area contributed by atoms with Gasteiger partial charge in [0, 0.05) is 6.54 Å². The molecule has 26 heavy (non-hydrogen) atoms. The second kappa shape index (κ2) is 9.39. The minimum absolute atomic E-state index is 0.00138. The molecule has 0 bridgehead atoms. The topological polar surface area (TPSA) is 41.6 Å². The average Bonchev–Trinajstić information content (AvgIpc) is 2.63. The molecule has 1 atom stereocenters. The summed E-state index contributed by atoms with van der Waals surface area (Å²) in [5.74, 6) is 0.892. The maximum absolute atomic E-state index is 12.5. The van der Waals surface area contributed by atoms with Gasteiger partial charge in [-0.3, -0.25) is 9.69 Å². The number of benzene rings is 2. The monoisotopic (exact) mass is 354 g/mol. The van der Waals surface area contributed by atoms with E-state index in [4.69, 9.17) is 4.74 Å². The lowest BCUT2D eigenvalue weighted by molar-refractivity contribution is -0.123. The van der Waals surface area contributed by atoms with Crippen molar-refractivity contribution in [2.24, 2.45) is 0 Å². The fourth-order valence-corrected chi connectivity index (χ4v) is 2.88. The van der Waals surface area contributed by atoms with Crippen molar-refractivity contribution in [3.05, 3.63) is 64.7 Å². The summed E-state index contributed by atoms with van der Waals surface area (Å²) in [5, 5.41) is 3.11. The minimum Gasteiger partial charge on any atom is -0.497 e. The molecule has 0 saturated carbocycles. The Bertz CT molecular complexity index is 725. The van der Waals surface area contributed by atoms with Crippen LogP contribution in [0.3, 0.4) is 0 Å². The zero-order chi connectivity index (χ0) is 19.1. The summed E-state index contributed by atoms with van der Waals surface area (Å²) in [7, 11) is 1.66. The van der Waals surface area contributed by atoms with Gasteiger partial charge in [-0.15, -0.1) is 0 Å². The molecule has 0 fully saturated rings. The lowest BCUT2D eigenvalue weighted by atomic mass is 10.0. The van der Waals surface area contributed by atoms with E-state index in [2.05, 4.69) is 49.2 Å². The summed E-state index contributed by atoms with van der Waals surface area (Å²) in [5.41, 5.74) is 4.82. The van der Waals surface area contributed by atoms with Gasteiger partial charge in [0.25, 0.3) is 0 Å². The number of hydrogen-bond donors (Lipinski definition) is 1. The van der Waals surface area contributed by atoms with Crippen molar-refractivity contribution >= 4 is 5.91 Å². The van der Waals surface area contributed by atoms with Crippen molar-refractivity contribution in [2.75, 3.05) is 20.2 Å². The fraction of sp³-hybridized carbons (Fsp3) is 0.409. The largest absolute Gasteiger partial charge is 0.497 e. The highest BCUT2D eigenvalue weighted by atomic mass is 16.5. The molecule has 0 aromatic heterocycles. The Balaban J connectivity index is 1.91. The van der Waals surface area contributed by atoms with Crippen molar-refractivity contribution in [1.82, 2.24) is 10.2 Å². The SMILES string of the molecule is CCN(CC(=O)NC(C)c1ccc(C)c(C)c1)Cc1ccc(OC)cc1. The summed E-state index contributed by atoms with van der Waals surface area (Å²) in [4.78, 5) is 14.6. The summed E-state index contributed by atoms with van der Waals surface area (Å²) >= 11 is 0. The molecule has 0 aliphatic carbocycles. The summed E-state index contributed by atoms with van der Waals surface area (Å²) in [6.07, 6.45) is 0. The van der Waals surface area contributed by atoms with Gasteiger partial charge in [-0.25, -0.2) is 0 Å². The molecule has 2 aromatic carbocycles. The van der Waals surface area contributed by atoms with Crippen molar-refractivity contribution in [3.8, 4) is 5.75 Å². The van der Waals surface area contributed by atoms with Gasteiger partial charge < -0.3 is 10.1 Å². The first-order valence-electron chi connectivity index (χ1n) is 9.14. The molecule has 1 unspecified atom stereocenters. The first kappa shape index (κ1) is 20.0. The van der Waals surface area contributed by atoms with Gasteiger partial charge in [-0.1, -0.05) is 37.3 Å². The Morgan fingerprint density at radius 3 is 2.38 bits per heavy atom. The number of nitrogens with zero attached hydrogens (tertiary/aromatic N) is 1. The molecule has 4 nitrogen and oxygen atoms in total. The van der Waals surface area contributed by atoms with Crippen LogP contribution >= 0.6 is 0 Å². The number of ether oxygens (including phenoxy) is 1. The molecule has 4 heteroatoms. The number of likely N-dealkylation sites (N-methyl/N-ethyl adjacent to an activating group) is 1. The minimum atomic E-state index is 0.00138. The van der Waals surface area contributed by atoms with Crippen LogP contribution in [0.1, 0.15) is 42.1 Å². The predicted octanol–water partition coefficient (Wildman–Crippen LogP) is 4.01. The average molecular weight is 354 g/mol. The second-order valence-electron chi connectivity index (χ2n) is 6.78. The molecule has 0 radical (unpaired) electrons. The van der Waals surface area contributed by atoms with E-state index in [1.54, 1.807) is 7.11 Å². The van der Waals surface area contributed by atoms with Crippen LogP contribution in [0.15, 0.2) is 42.5 Å². The normalized spacial score (nSPS) is 12.1. The quantitative estimate of drug-likeness (QED) is 0.779.